The minimum atomic E-state index is -0.356. The molecule has 2 heterocycles. The molecule has 0 spiro atoms. The molecule has 1 aliphatic rings. The monoisotopic (exact) mass is 388 g/mol. The Labute approximate surface area is 162 Å². The van der Waals surface area contributed by atoms with E-state index in [2.05, 4.69) is 15.2 Å². The van der Waals surface area contributed by atoms with E-state index in [9.17, 15) is 9.59 Å². The summed E-state index contributed by atoms with van der Waals surface area (Å²) < 4.78 is 5.35. The normalized spacial score (nSPS) is 13.9. The lowest BCUT2D eigenvalue weighted by molar-refractivity contribution is -0.116. The molecule has 7 nitrogen and oxygen atoms in total. The molecule has 3 rings (SSSR count). The first-order chi connectivity index (χ1) is 13.0. The lowest BCUT2D eigenvalue weighted by atomic mass is 10.2. The van der Waals surface area contributed by atoms with Crippen molar-refractivity contribution in [3.05, 3.63) is 53.3 Å². The SMILES string of the molecule is CN(CC(=O)Nc1ccc(N2CCOCC2)cc1)C(=O)c1cccnc1Cl. The zero-order valence-electron chi connectivity index (χ0n) is 15.0. The molecule has 2 aromatic rings. The van der Waals surface area contributed by atoms with Gasteiger partial charge in [0, 0.05) is 37.7 Å². The largest absolute Gasteiger partial charge is 0.378 e. The minimum absolute atomic E-state index is 0.0880. The van der Waals surface area contributed by atoms with Gasteiger partial charge in [0.05, 0.1) is 25.3 Å². The molecule has 0 saturated carbocycles. The number of amides is 2. The Hall–Kier alpha value is -2.64. The highest BCUT2D eigenvalue weighted by molar-refractivity contribution is 6.32. The number of halogens is 1. The van der Waals surface area contributed by atoms with Crippen molar-refractivity contribution in [2.45, 2.75) is 0 Å². The molecule has 1 fully saturated rings. The number of pyridine rings is 1. The molecule has 27 heavy (non-hydrogen) atoms. The summed E-state index contributed by atoms with van der Waals surface area (Å²) in [5.74, 6) is -0.643. The molecule has 0 atom stereocenters. The van der Waals surface area contributed by atoms with Crippen molar-refractivity contribution in [3.8, 4) is 0 Å². The van der Waals surface area contributed by atoms with Crippen LogP contribution in [0.3, 0.4) is 0 Å². The number of ether oxygens (including phenoxy) is 1. The molecule has 1 aliphatic heterocycles. The van der Waals surface area contributed by atoms with Crippen molar-refractivity contribution in [1.82, 2.24) is 9.88 Å². The number of hydrogen-bond acceptors (Lipinski definition) is 5. The molecule has 1 aromatic heterocycles. The molecule has 2 amide bonds. The Balaban J connectivity index is 1.55. The van der Waals surface area contributed by atoms with E-state index in [1.807, 2.05) is 24.3 Å². The summed E-state index contributed by atoms with van der Waals surface area (Å²) in [6.07, 6.45) is 1.51. The van der Waals surface area contributed by atoms with E-state index in [1.54, 1.807) is 19.2 Å². The number of rotatable bonds is 5. The zero-order chi connectivity index (χ0) is 19.2. The number of likely N-dealkylation sites (N-methyl/N-ethyl adjacent to an activating group) is 1. The number of morpholine rings is 1. The van der Waals surface area contributed by atoms with Crippen molar-refractivity contribution < 1.29 is 14.3 Å². The number of carbonyl (C=O) groups excluding carboxylic acids is 2. The topological polar surface area (TPSA) is 74.8 Å². The van der Waals surface area contributed by atoms with Gasteiger partial charge in [0.15, 0.2) is 0 Å². The van der Waals surface area contributed by atoms with Crippen LogP contribution in [0.1, 0.15) is 10.4 Å². The zero-order valence-corrected chi connectivity index (χ0v) is 15.8. The number of nitrogens with zero attached hydrogens (tertiary/aromatic N) is 3. The Kier molecular flexibility index (Phi) is 6.26. The minimum Gasteiger partial charge on any atom is -0.378 e. The fourth-order valence-corrected chi connectivity index (χ4v) is 3.02. The number of anilines is 2. The molecule has 0 unspecified atom stereocenters. The fourth-order valence-electron chi connectivity index (χ4n) is 2.82. The average Bonchev–Trinajstić information content (AvgIpc) is 2.69. The second kappa shape index (κ2) is 8.83. The number of hydrogen-bond donors (Lipinski definition) is 1. The predicted octanol–water partition coefficient (Wildman–Crippen LogP) is 2.28. The van der Waals surface area contributed by atoms with Gasteiger partial charge in [-0.15, -0.1) is 0 Å². The molecule has 0 aliphatic carbocycles. The first-order valence-electron chi connectivity index (χ1n) is 8.63. The molecule has 8 heteroatoms. The predicted molar refractivity (Wildman–Crippen MR) is 104 cm³/mol. The van der Waals surface area contributed by atoms with Crippen LogP contribution in [-0.2, 0) is 9.53 Å². The van der Waals surface area contributed by atoms with Gasteiger partial charge >= 0.3 is 0 Å². The summed E-state index contributed by atoms with van der Waals surface area (Å²) in [6.45, 7) is 3.07. The summed E-state index contributed by atoms with van der Waals surface area (Å²) >= 11 is 5.94. The number of nitrogens with one attached hydrogen (secondary N) is 1. The molecule has 0 radical (unpaired) electrons. The van der Waals surface area contributed by atoms with E-state index in [4.69, 9.17) is 16.3 Å². The van der Waals surface area contributed by atoms with Gasteiger partial charge in [0.1, 0.15) is 5.15 Å². The highest BCUT2D eigenvalue weighted by Gasteiger charge is 2.18. The average molecular weight is 389 g/mol. The summed E-state index contributed by atoms with van der Waals surface area (Å²) in [5, 5.41) is 2.92. The van der Waals surface area contributed by atoms with Crippen molar-refractivity contribution >= 4 is 34.8 Å². The smallest absolute Gasteiger partial charge is 0.257 e. The van der Waals surface area contributed by atoms with Gasteiger partial charge in [0.25, 0.3) is 5.91 Å². The first-order valence-corrected chi connectivity index (χ1v) is 9.01. The van der Waals surface area contributed by atoms with Gasteiger partial charge < -0.3 is 19.9 Å². The van der Waals surface area contributed by atoms with Crippen LogP contribution in [0.25, 0.3) is 0 Å². The fraction of sp³-hybridized carbons (Fsp3) is 0.316. The number of benzene rings is 1. The van der Waals surface area contributed by atoms with Gasteiger partial charge in [-0.1, -0.05) is 11.6 Å². The third-order valence-corrected chi connectivity index (χ3v) is 4.55. The maximum absolute atomic E-state index is 12.4. The maximum atomic E-state index is 12.4. The summed E-state index contributed by atoms with van der Waals surface area (Å²) in [4.78, 5) is 32.1. The van der Waals surface area contributed by atoms with Crippen LogP contribution >= 0.6 is 11.6 Å². The van der Waals surface area contributed by atoms with Gasteiger partial charge in [-0.2, -0.15) is 0 Å². The van der Waals surface area contributed by atoms with Crippen LogP contribution in [0.2, 0.25) is 5.15 Å². The number of aromatic nitrogens is 1. The van der Waals surface area contributed by atoms with Crippen LogP contribution in [0, 0.1) is 0 Å². The number of carbonyl (C=O) groups is 2. The molecule has 1 saturated heterocycles. The molecule has 142 valence electrons. The molecule has 1 aromatic carbocycles. The van der Waals surface area contributed by atoms with E-state index in [1.165, 1.54) is 11.1 Å². The van der Waals surface area contributed by atoms with Crippen LogP contribution in [-0.4, -0.2) is 61.6 Å². The molecular weight excluding hydrogens is 368 g/mol. The Morgan fingerprint density at radius 2 is 1.93 bits per heavy atom. The third kappa shape index (κ3) is 4.96. The lowest BCUT2D eigenvalue weighted by Crippen LogP contribution is -2.36. The second-order valence-corrected chi connectivity index (χ2v) is 6.56. The first kappa shape index (κ1) is 19.1. The van der Waals surface area contributed by atoms with Gasteiger partial charge in [-0.25, -0.2) is 4.98 Å². The Morgan fingerprint density at radius 3 is 2.59 bits per heavy atom. The van der Waals surface area contributed by atoms with E-state index in [-0.39, 0.29) is 29.1 Å². The Bertz CT molecular complexity index is 807. The quantitative estimate of drug-likeness (QED) is 0.795. The van der Waals surface area contributed by atoms with Gasteiger partial charge in [-0.05, 0) is 36.4 Å². The van der Waals surface area contributed by atoms with Gasteiger partial charge in [-0.3, -0.25) is 9.59 Å². The van der Waals surface area contributed by atoms with Gasteiger partial charge in [0.2, 0.25) is 5.91 Å². The maximum Gasteiger partial charge on any atom is 0.257 e. The van der Waals surface area contributed by atoms with Crippen LogP contribution < -0.4 is 10.2 Å². The third-order valence-electron chi connectivity index (χ3n) is 4.24. The standard InChI is InChI=1S/C19H21ClN4O3/c1-23(19(26)16-3-2-8-21-18(16)20)13-17(25)22-14-4-6-15(7-5-14)24-9-11-27-12-10-24/h2-8H,9-13H2,1H3,(H,22,25). The molecular formula is C19H21ClN4O3. The summed E-state index contributed by atoms with van der Waals surface area (Å²) in [7, 11) is 1.55. The van der Waals surface area contributed by atoms with E-state index in [0.717, 1.165) is 32.0 Å². The van der Waals surface area contributed by atoms with Crippen molar-refractivity contribution in [3.63, 3.8) is 0 Å². The van der Waals surface area contributed by atoms with Crippen molar-refractivity contribution in [2.75, 3.05) is 50.1 Å². The Morgan fingerprint density at radius 1 is 1.22 bits per heavy atom. The van der Waals surface area contributed by atoms with Crippen molar-refractivity contribution in [1.29, 1.82) is 0 Å². The summed E-state index contributed by atoms with van der Waals surface area (Å²) in [6, 6.07) is 10.8. The lowest BCUT2D eigenvalue weighted by Gasteiger charge is -2.28. The second-order valence-electron chi connectivity index (χ2n) is 6.20. The van der Waals surface area contributed by atoms with E-state index >= 15 is 0 Å². The van der Waals surface area contributed by atoms with Crippen LogP contribution in [0.15, 0.2) is 42.6 Å². The van der Waals surface area contributed by atoms with Crippen LogP contribution in [0.5, 0.6) is 0 Å². The van der Waals surface area contributed by atoms with E-state index in [0.29, 0.717) is 5.69 Å². The van der Waals surface area contributed by atoms with Crippen molar-refractivity contribution in [2.24, 2.45) is 0 Å². The molecule has 0 bridgehead atoms. The molecule has 1 N–H and O–H groups in total. The highest BCUT2D eigenvalue weighted by Crippen LogP contribution is 2.19. The van der Waals surface area contributed by atoms with E-state index < -0.39 is 0 Å². The highest BCUT2D eigenvalue weighted by atomic mass is 35.5. The summed E-state index contributed by atoms with van der Waals surface area (Å²) in [5.41, 5.74) is 2.04. The van der Waals surface area contributed by atoms with Crippen LogP contribution in [0.4, 0.5) is 11.4 Å².